The average molecular weight is 293 g/mol. The second-order valence-electron chi connectivity index (χ2n) is 7.40. The number of carbonyl (C=O) groups is 1. The molecule has 0 heterocycles. The Kier molecular flexibility index (Phi) is 5.40. The van der Waals surface area contributed by atoms with Crippen LogP contribution >= 0.6 is 0 Å². The van der Waals surface area contributed by atoms with Gasteiger partial charge in [0.2, 0.25) is 0 Å². The first-order valence-electron chi connectivity index (χ1n) is 7.08. The first kappa shape index (κ1) is 16.8. The van der Waals surface area contributed by atoms with E-state index in [2.05, 4.69) is 57.9 Å². The summed E-state index contributed by atoms with van der Waals surface area (Å²) in [5.41, 5.74) is 1.39. The standard InChI is InChI=1S/C16H27NO2Si/c1-16(2,3)13-7-9-14(10-8-13)19-11-15(18)17-12-20(4,5)6/h7-10H,11-12H2,1-6H3,(H,17,18). The summed E-state index contributed by atoms with van der Waals surface area (Å²) < 4.78 is 5.50. The predicted molar refractivity (Wildman–Crippen MR) is 87.0 cm³/mol. The van der Waals surface area contributed by atoms with Crippen LogP contribution in [-0.2, 0) is 10.2 Å². The minimum absolute atomic E-state index is 0.0488. The van der Waals surface area contributed by atoms with Crippen molar-refractivity contribution < 1.29 is 9.53 Å². The van der Waals surface area contributed by atoms with Crippen molar-refractivity contribution in [2.45, 2.75) is 45.8 Å². The molecule has 0 aliphatic rings. The summed E-state index contributed by atoms with van der Waals surface area (Å²) >= 11 is 0. The van der Waals surface area contributed by atoms with E-state index in [9.17, 15) is 4.79 Å². The number of amides is 1. The summed E-state index contributed by atoms with van der Waals surface area (Å²) in [6.07, 6.45) is 0.790. The van der Waals surface area contributed by atoms with E-state index in [0.29, 0.717) is 0 Å². The Labute approximate surface area is 123 Å². The third-order valence-corrected chi connectivity index (χ3v) is 4.14. The van der Waals surface area contributed by atoms with Crippen molar-refractivity contribution in [3.63, 3.8) is 0 Å². The highest BCUT2D eigenvalue weighted by atomic mass is 28.3. The van der Waals surface area contributed by atoms with Gasteiger partial charge < -0.3 is 10.1 Å². The normalized spacial score (nSPS) is 12.1. The van der Waals surface area contributed by atoms with Crippen LogP contribution in [0.25, 0.3) is 0 Å². The molecule has 1 N–H and O–H groups in total. The molecule has 0 aromatic heterocycles. The first-order valence-corrected chi connectivity index (χ1v) is 10.8. The third kappa shape index (κ3) is 6.24. The topological polar surface area (TPSA) is 38.3 Å². The van der Waals surface area contributed by atoms with Crippen molar-refractivity contribution in [3.05, 3.63) is 29.8 Å². The van der Waals surface area contributed by atoms with Gasteiger partial charge in [-0.1, -0.05) is 52.5 Å². The van der Waals surface area contributed by atoms with Gasteiger partial charge in [-0.05, 0) is 23.1 Å². The predicted octanol–water partition coefficient (Wildman–Crippen LogP) is 3.36. The van der Waals surface area contributed by atoms with Gasteiger partial charge in [-0.2, -0.15) is 0 Å². The molecule has 20 heavy (non-hydrogen) atoms. The molecule has 3 nitrogen and oxygen atoms in total. The van der Waals surface area contributed by atoms with Gasteiger partial charge in [0.25, 0.3) is 5.91 Å². The number of nitrogens with one attached hydrogen (secondary N) is 1. The van der Waals surface area contributed by atoms with E-state index in [-0.39, 0.29) is 17.9 Å². The van der Waals surface area contributed by atoms with Crippen molar-refractivity contribution in [1.29, 1.82) is 0 Å². The number of benzene rings is 1. The van der Waals surface area contributed by atoms with Crippen molar-refractivity contribution in [1.82, 2.24) is 5.32 Å². The second kappa shape index (κ2) is 6.44. The molecule has 1 aromatic rings. The molecule has 0 spiro atoms. The highest BCUT2D eigenvalue weighted by molar-refractivity contribution is 6.76. The van der Waals surface area contributed by atoms with Gasteiger partial charge in [-0.25, -0.2) is 0 Å². The summed E-state index contributed by atoms with van der Waals surface area (Å²) in [7, 11) is -1.24. The van der Waals surface area contributed by atoms with Crippen LogP contribution in [0.15, 0.2) is 24.3 Å². The fourth-order valence-corrected chi connectivity index (χ4v) is 2.34. The smallest absolute Gasteiger partial charge is 0.257 e. The van der Waals surface area contributed by atoms with Crippen LogP contribution in [0.5, 0.6) is 5.75 Å². The average Bonchev–Trinajstić information content (AvgIpc) is 2.32. The minimum Gasteiger partial charge on any atom is -0.484 e. The van der Waals surface area contributed by atoms with Crippen molar-refractivity contribution >= 4 is 14.0 Å². The molecular formula is C16H27NO2Si. The van der Waals surface area contributed by atoms with Crippen LogP contribution in [-0.4, -0.2) is 26.8 Å². The van der Waals surface area contributed by atoms with Crippen LogP contribution in [0, 0.1) is 0 Å². The Morgan fingerprint density at radius 3 is 2.15 bits per heavy atom. The monoisotopic (exact) mass is 293 g/mol. The van der Waals surface area contributed by atoms with Gasteiger partial charge in [-0.15, -0.1) is 0 Å². The Morgan fingerprint density at radius 1 is 1.15 bits per heavy atom. The molecule has 0 unspecified atom stereocenters. The zero-order valence-electron chi connectivity index (χ0n) is 13.5. The maximum absolute atomic E-state index is 11.7. The molecular weight excluding hydrogens is 266 g/mol. The fourth-order valence-electron chi connectivity index (χ4n) is 1.61. The molecule has 0 fully saturated rings. The van der Waals surface area contributed by atoms with E-state index in [1.54, 1.807) is 0 Å². The largest absolute Gasteiger partial charge is 0.484 e. The second-order valence-corrected chi connectivity index (χ2v) is 12.9. The lowest BCUT2D eigenvalue weighted by atomic mass is 9.87. The van der Waals surface area contributed by atoms with E-state index in [1.165, 1.54) is 5.56 Å². The molecule has 112 valence electrons. The lowest BCUT2D eigenvalue weighted by Crippen LogP contribution is -2.41. The summed E-state index contributed by atoms with van der Waals surface area (Å²) in [4.78, 5) is 11.7. The fraction of sp³-hybridized carbons (Fsp3) is 0.562. The van der Waals surface area contributed by atoms with Crippen LogP contribution in [0.2, 0.25) is 19.6 Å². The SMILES string of the molecule is CC(C)(C)c1ccc(OCC(=O)NC[Si](C)(C)C)cc1. The van der Waals surface area contributed by atoms with E-state index in [1.807, 2.05) is 12.1 Å². The van der Waals surface area contributed by atoms with E-state index >= 15 is 0 Å². The van der Waals surface area contributed by atoms with Crippen LogP contribution in [0.3, 0.4) is 0 Å². The number of hydrogen-bond acceptors (Lipinski definition) is 2. The van der Waals surface area contributed by atoms with Crippen LogP contribution in [0.4, 0.5) is 0 Å². The Morgan fingerprint density at radius 2 is 1.70 bits per heavy atom. The van der Waals surface area contributed by atoms with Gasteiger partial charge in [-0.3, -0.25) is 4.79 Å². The number of ether oxygens (including phenoxy) is 1. The molecule has 1 aromatic carbocycles. The third-order valence-electron chi connectivity index (χ3n) is 2.91. The quantitative estimate of drug-likeness (QED) is 0.845. The van der Waals surface area contributed by atoms with E-state index in [0.717, 1.165) is 11.9 Å². The molecule has 0 saturated carbocycles. The van der Waals surface area contributed by atoms with Gasteiger partial charge >= 0.3 is 0 Å². The van der Waals surface area contributed by atoms with Crippen LogP contribution < -0.4 is 10.1 Å². The lowest BCUT2D eigenvalue weighted by Gasteiger charge is -2.19. The molecule has 0 saturated heterocycles. The summed E-state index contributed by atoms with van der Waals surface area (Å²) in [5, 5.41) is 2.93. The Hall–Kier alpha value is -1.29. The van der Waals surface area contributed by atoms with Gasteiger partial charge in [0.1, 0.15) is 5.75 Å². The highest BCUT2D eigenvalue weighted by Gasteiger charge is 2.15. The summed E-state index contributed by atoms with van der Waals surface area (Å²) in [5.74, 6) is 0.688. The van der Waals surface area contributed by atoms with Gasteiger partial charge in [0.15, 0.2) is 6.61 Å². The first-order chi connectivity index (χ1) is 9.08. The van der Waals surface area contributed by atoms with E-state index in [4.69, 9.17) is 4.74 Å². The van der Waals surface area contributed by atoms with Gasteiger partial charge in [0.05, 0.1) is 8.07 Å². The number of hydrogen-bond donors (Lipinski definition) is 1. The minimum atomic E-state index is -1.24. The summed E-state index contributed by atoms with van der Waals surface area (Å²) in [6, 6.07) is 7.95. The highest BCUT2D eigenvalue weighted by Crippen LogP contribution is 2.24. The van der Waals surface area contributed by atoms with Crippen molar-refractivity contribution in [2.75, 3.05) is 12.8 Å². The maximum atomic E-state index is 11.7. The number of carbonyl (C=O) groups excluding carboxylic acids is 1. The van der Waals surface area contributed by atoms with Gasteiger partial charge in [0, 0.05) is 6.17 Å². The number of rotatable bonds is 5. The molecule has 1 rings (SSSR count). The summed E-state index contributed by atoms with van der Waals surface area (Å²) in [6.45, 7) is 13.3. The molecule has 0 atom stereocenters. The molecule has 4 heteroatoms. The van der Waals surface area contributed by atoms with Crippen LogP contribution in [0.1, 0.15) is 26.3 Å². The Bertz CT molecular complexity index is 441. The molecule has 0 aliphatic heterocycles. The Balaban J connectivity index is 2.44. The van der Waals surface area contributed by atoms with Crippen molar-refractivity contribution in [3.8, 4) is 5.75 Å². The lowest BCUT2D eigenvalue weighted by molar-refractivity contribution is -0.122. The zero-order chi connectivity index (χ0) is 15.4. The van der Waals surface area contributed by atoms with Crippen molar-refractivity contribution in [2.24, 2.45) is 0 Å². The molecule has 0 bridgehead atoms. The van der Waals surface area contributed by atoms with E-state index < -0.39 is 8.07 Å². The maximum Gasteiger partial charge on any atom is 0.257 e. The zero-order valence-corrected chi connectivity index (χ0v) is 14.5. The molecule has 0 radical (unpaired) electrons. The molecule has 1 amide bonds. The molecule has 0 aliphatic carbocycles.